The lowest BCUT2D eigenvalue weighted by molar-refractivity contribution is -0.151. The van der Waals surface area contributed by atoms with Gasteiger partial charge in [-0.3, -0.25) is 19.2 Å². The summed E-state index contributed by atoms with van der Waals surface area (Å²) in [6.07, 6.45) is 1.35. The van der Waals surface area contributed by atoms with E-state index in [0.717, 1.165) is 0 Å². The van der Waals surface area contributed by atoms with Crippen molar-refractivity contribution in [3.05, 3.63) is 0 Å². The fraction of sp³-hybridized carbons (Fsp3) is 0.714. The van der Waals surface area contributed by atoms with Gasteiger partial charge in [-0.1, -0.05) is 0 Å². The van der Waals surface area contributed by atoms with Gasteiger partial charge in [0.15, 0.2) is 0 Å². The van der Waals surface area contributed by atoms with E-state index in [1.54, 1.807) is 0 Å². The van der Waals surface area contributed by atoms with Crippen LogP contribution in [-0.4, -0.2) is 50.3 Å². The Balaban J connectivity index is 3.43. The van der Waals surface area contributed by atoms with Crippen LogP contribution >= 0.6 is 0 Å². The Labute approximate surface area is 129 Å². The fourth-order valence-corrected chi connectivity index (χ4v) is 1.36. The van der Waals surface area contributed by atoms with E-state index >= 15 is 0 Å². The van der Waals surface area contributed by atoms with Crippen LogP contribution in [0.3, 0.4) is 0 Å². The molecule has 22 heavy (non-hydrogen) atoms. The highest BCUT2D eigenvalue weighted by atomic mass is 16.6. The molecule has 0 heterocycles. The van der Waals surface area contributed by atoms with Gasteiger partial charge in [0.25, 0.3) is 0 Å². The van der Waals surface area contributed by atoms with Crippen LogP contribution in [0.4, 0.5) is 0 Å². The maximum Gasteiger partial charge on any atom is 0.305 e. The van der Waals surface area contributed by atoms with Crippen molar-refractivity contribution in [1.29, 1.82) is 0 Å². The quantitative estimate of drug-likeness (QED) is 0.312. The molecule has 0 atom stereocenters. The van der Waals surface area contributed by atoms with Gasteiger partial charge in [0.1, 0.15) is 26.4 Å². The van der Waals surface area contributed by atoms with Gasteiger partial charge < -0.3 is 18.9 Å². The van der Waals surface area contributed by atoms with Gasteiger partial charge in [0.05, 0.1) is 0 Å². The highest BCUT2D eigenvalue weighted by Gasteiger charge is 2.06. The molecule has 126 valence electrons. The Bertz CT molecular complexity index is 341. The third-order valence-corrected chi connectivity index (χ3v) is 2.32. The molecule has 0 aromatic carbocycles. The van der Waals surface area contributed by atoms with E-state index in [1.165, 1.54) is 13.8 Å². The number of carbonyl (C=O) groups excluding carboxylic acids is 4. The largest absolute Gasteiger partial charge is 0.462 e. The minimum atomic E-state index is -0.428. The van der Waals surface area contributed by atoms with Crippen LogP contribution in [0.5, 0.6) is 0 Å². The topological polar surface area (TPSA) is 105 Å². The lowest BCUT2D eigenvalue weighted by Crippen LogP contribution is -2.13. The summed E-state index contributed by atoms with van der Waals surface area (Å²) in [4.78, 5) is 43.5. The first-order valence-electron chi connectivity index (χ1n) is 6.99. The summed E-state index contributed by atoms with van der Waals surface area (Å²) in [5.41, 5.74) is 0. The zero-order chi connectivity index (χ0) is 16.8. The summed E-state index contributed by atoms with van der Waals surface area (Å²) in [7, 11) is 0. The average Bonchev–Trinajstić information content (AvgIpc) is 2.44. The van der Waals surface area contributed by atoms with E-state index in [4.69, 9.17) is 9.47 Å². The molecule has 0 aliphatic heterocycles. The Morgan fingerprint density at radius 2 is 0.909 bits per heavy atom. The Kier molecular flexibility index (Phi) is 11.4. The van der Waals surface area contributed by atoms with E-state index in [-0.39, 0.29) is 39.3 Å². The molecule has 0 saturated carbocycles. The van der Waals surface area contributed by atoms with Gasteiger partial charge in [-0.05, 0) is 12.8 Å². The lowest BCUT2D eigenvalue weighted by atomic mass is 10.2. The number of ether oxygens (including phenoxy) is 4. The van der Waals surface area contributed by atoms with Crippen LogP contribution in [0.15, 0.2) is 0 Å². The predicted octanol–water partition coefficient (Wildman–Crippen LogP) is 0.759. The van der Waals surface area contributed by atoms with Gasteiger partial charge >= 0.3 is 23.9 Å². The zero-order valence-electron chi connectivity index (χ0n) is 12.9. The van der Waals surface area contributed by atoms with Gasteiger partial charge in [0.2, 0.25) is 0 Å². The highest BCUT2D eigenvalue weighted by molar-refractivity contribution is 5.70. The molecule has 8 heteroatoms. The monoisotopic (exact) mass is 318 g/mol. The lowest BCUT2D eigenvalue weighted by Gasteiger charge is -2.06. The van der Waals surface area contributed by atoms with Crippen LogP contribution in [0.25, 0.3) is 0 Å². The van der Waals surface area contributed by atoms with E-state index in [1.807, 2.05) is 0 Å². The summed E-state index contributed by atoms with van der Waals surface area (Å²) in [5, 5.41) is 0. The molecule has 0 saturated heterocycles. The molecule has 0 rings (SSSR count). The van der Waals surface area contributed by atoms with Crippen molar-refractivity contribution >= 4 is 23.9 Å². The van der Waals surface area contributed by atoms with Crippen LogP contribution in [0.2, 0.25) is 0 Å². The van der Waals surface area contributed by atoms with Gasteiger partial charge in [-0.2, -0.15) is 0 Å². The summed E-state index contributed by atoms with van der Waals surface area (Å²) >= 11 is 0. The van der Waals surface area contributed by atoms with Crippen molar-refractivity contribution in [3.8, 4) is 0 Å². The maximum atomic E-state index is 11.3. The average molecular weight is 318 g/mol. The Hall–Kier alpha value is -2.12. The molecule has 0 unspecified atom stereocenters. The Morgan fingerprint density at radius 1 is 0.591 bits per heavy atom. The molecule has 0 aliphatic rings. The number of carbonyl (C=O) groups is 4. The molecule has 0 aromatic rings. The van der Waals surface area contributed by atoms with Crippen LogP contribution in [0.1, 0.15) is 39.5 Å². The molecule has 0 fully saturated rings. The second kappa shape index (κ2) is 12.6. The zero-order valence-corrected chi connectivity index (χ0v) is 12.9. The van der Waals surface area contributed by atoms with Crippen molar-refractivity contribution in [2.24, 2.45) is 0 Å². The summed E-state index contributed by atoms with van der Waals surface area (Å²) in [6.45, 7) is 2.67. The molecular weight excluding hydrogens is 296 g/mol. The van der Waals surface area contributed by atoms with Crippen molar-refractivity contribution in [1.82, 2.24) is 0 Å². The molecule has 0 N–H and O–H groups in total. The van der Waals surface area contributed by atoms with E-state index in [2.05, 4.69) is 9.47 Å². The predicted molar refractivity (Wildman–Crippen MR) is 73.7 cm³/mol. The Morgan fingerprint density at radius 3 is 1.23 bits per heavy atom. The first kappa shape index (κ1) is 19.9. The van der Waals surface area contributed by atoms with E-state index in [9.17, 15) is 19.2 Å². The third-order valence-electron chi connectivity index (χ3n) is 2.32. The molecule has 0 radical (unpaired) electrons. The van der Waals surface area contributed by atoms with Crippen molar-refractivity contribution < 1.29 is 38.1 Å². The number of hydrogen-bond acceptors (Lipinski definition) is 8. The summed E-state index contributed by atoms with van der Waals surface area (Å²) < 4.78 is 18.8. The standard InChI is InChI=1S/C14H22O8/c1-11(15)19-7-9-21-13(17)5-3-4-6-14(18)22-10-8-20-12(2)16/h3-10H2,1-2H3. The second-order valence-electron chi connectivity index (χ2n) is 4.33. The van der Waals surface area contributed by atoms with Crippen LogP contribution in [-0.2, 0) is 38.1 Å². The number of esters is 4. The summed E-state index contributed by atoms with van der Waals surface area (Å²) in [5.74, 6) is -1.67. The van der Waals surface area contributed by atoms with Gasteiger partial charge in [-0.15, -0.1) is 0 Å². The van der Waals surface area contributed by atoms with Crippen molar-refractivity contribution in [2.75, 3.05) is 26.4 Å². The third kappa shape index (κ3) is 14.3. The minimum absolute atomic E-state index is 0.0244. The number of rotatable bonds is 11. The normalized spacial score (nSPS) is 9.73. The minimum Gasteiger partial charge on any atom is -0.462 e. The van der Waals surface area contributed by atoms with Gasteiger partial charge in [-0.25, -0.2) is 0 Å². The molecular formula is C14H22O8. The van der Waals surface area contributed by atoms with E-state index < -0.39 is 23.9 Å². The molecule has 0 aliphatic carbocycles. The molecule has 0 amide bonds. The highest BCUT2D eigenvalue weighted by Crippen LogP contribution is 2.03. The summed E-state index contributed by atoms with van der Waals surface area (Å²) in [6, 6.07) is 0. The first-order chi connectivity index (χ1) is 10.4. The first-order valence-corrected chi connectivity index (χ1v) is 6.99. The SMILES string of the molecule is CC(=O)OCCOC(=O)CCCCC(=O)OCCOC(C)=O. The van der Waals surface area contributed by atoms with Crippen LogP contribution < -0.4 is 0 Å². The van der Waals surface area contributed by atoms with Crippen molar-refractivity contribution in [2.45, 2.75) is 39.5 Å². The van der Waals surface area contributed by atoms with E-state index in [0.29, 0.717) is 12.8 Å². The number of unbranched alkanes of at least 4 members (excludes halogenated alkanes) is 1. The molecule has 0 aromatic heterocycles. The molecule has 0 bridgehead atoms. The number of hydrogen-bond donors (Lipinski definition) is 0. The molecule has 0 spiro atoms. The molecule has 8 nitrogen and oxygen atoms in total. The second-order valence-corrected chi connectivity index (χ2v) is 4.33. The maximum absolute atomic E-state index is 11.3. The fourth-order valence-electron chi connectivity index (χ4n) is 1.36. The van der Waals surface area contributed by atoms with Gasteiger partial charge in [0, 0.05) is 26.7 Å². The van der Waals surface area contributed by atoms with Crippen molar-refractivity contribution in [3.63, 3.8) is 0 Å². The van der Waals surface area contributed by atoms with Crippen LogP contribution in [0, 0.1) is 0 Å². The smallest absolute Gasteiger partial charge is 0.305 e.